The van der Waals surface area contributed by atoms with Crippen molar-refractivity contribution in [2.75, 3.05) is 12.5 Å². The summed E-state index contributed by atoms with van der Waals surface area (Å²) >= 11 is 5.56. The van der Waals surface area contributed by atoms with E-state index in [-0.39, 0.29) is 5.97 Å². The first-order chi connectivity index (χ1) is 6.10. The summed E-state index contributed by atoms with van der Waals surface area (Å²) in [6.45, 7) is 7.67. The summed E-state index contributed by atoms with van der Waals surface area (Å²) in [6, 6.07) is 0. The molecule has 13 heavy (non-hydrogen) atoms. The number of halogens is 1. The van der Waals surface area contributed by atoms with Gasteiger partial charge in [-0.2, -0.15) is 0 Å². The van der Waals surface area contributed by atoms with Gasteiger partial charge < -0.3 is 4.74 Å². The molecule has 0 rings (SSSR count). The molecule has 2 nitrogen and oxygen atoms in total. The van der Waals surface area contributed by atoms with E-state index in [1.54, 1.807) is 13.0 Å². The van der Waals surface area contributed by atoms with Crippen LogP contribution in [0.15, 0.2) is 12.7 Å². The van der Waals surface area contributed by atoms with E-state index in [1.807, 2.05) is 6.92 Å². The van der Waals surface area contributed by atoms with Crippen LogP contribution in [-0.4, -0.2) is 18.5 Å². The van der Waals surface area contributed by atoms with Gasteiger partial charge in [-0.15, -0.1) is 18.2 Å². The van der Waals surface area contributed by atoms with Crippen molar-refractivity contribution in [2.45, 2.75) is 26.7 Å². The molecule has 0 aromatic rings. The second-order valence-electron chi connectivity index (χ2n) is 3.13. The molecule has 0 fully saturated rings. The van der Waals surface area contributed by atoms with Crippen molar-refractivity contribution in [1.29, 1.82) is 0 Å². The molecule has 0 aromatic heterocycles. The summed E-state index contributed by atoms with van der Waals surface area (Å²) in [6.07, 6.45) is 3.12. The van der Waals surface area contributed by atoms with Gasteiger partial charge in [-0.05, 0) is 26.7 Å². The second-order valence-corrected chi connectivity index (χ2v) is 3.51. The maximum Gasteiger partial charge on any atom is 0.315 e. The third-order valence-electron chi connectivity index (χ3n) is 2.02. The summed E-state index contributed by atoms with van der Waals surface area (Å²) in [4.78, 5) is 11.5. The van der Waals surface area contributed by atoms with E-state index in [9.17, 15) is 4.79 Å². The van der Waals surface area contributed by atoms with Gasteiger partial charge in [-0.3, -0.25) is 4.79 Å². The van der Waals surface area contributed by atoms with Crippen LogP contribution in [-0.2, 0) is 9.53 Å². The van der Waals surface area contributed by atoms with Crippen molar-refractivity contribution in [1.82, 2.24) is 0 Å². The van der Waals surface area contributed by atoms with Gasteiger partial charge >= 0.3 is 5.97 Å². The van der Waals surface area contributed by atoms with E-state index in [1.165, 1.54) is 0 Å². The topological polar surface area (TPSA) is 26.3 Å². The number of alkyl halides is 1. The minimum Gasteiger partial charge on any atom is -0.465 e. The van der Waals surface area contributed by atoms with E-state index >= 15 is 0 Å². The van der Waals surface area contributed by atoms with Crippen molar-refractivity contribution in [3.8, 4) is 0 Å². The molecule has 76 valence electrons. The van der Waals surface area contributed by atoms with E-state index in [2.05, 4.69) is 6.58 Å². The average Bonchev–Trinajstić information content (AvgIpc) is 2.14. The molecule has 0 aliphatic heterocycles. The van der Waals surface area contributed by atoms with Gasteiger partial charge in [-0.1, -0.05) is 6.08 Å². The monoisotopic (exact) mass is 204 g/mol. The molecule has 0 saturated heterocycles. The number of rotatable bonds is 6. The molecule has 1 atom stereocenters. The fourth-order valence-corrected chi connectivity index (χ4v) is 1.15. The van der Waals surface area contributed by atoms with Gasteiger partial charge in [-0.25, -0.2) is 0 Å². The van der Waals surface area contributed by atoms with Gasteiger partial charge in [0.05, 0.1) is 12.0 Å². The number of carbonyl (C=O) groups excluding carboxylic acids is 1. The van der Waals surface area contributed by atoms with Crippen LogP contribution in [0.3, 0.4) is 0 Å². The molecule has 0 bridgehead atoms. The molecular weight excluding hydrogens is 188 g/mol. The van der Waals surface area contributed by atoms with Gasteiger partial charge in [0.15, 0.2) is 0 Å². The Hall–Kier alpha value is -0.500. The lowest BCUT2D eigenvalue weighted by atomic mass is 9.86. The standard InChI is InChI=1S/C10H17ClO2/c1-4-10(3,7-6-8-11)9(12)13-5-2/h4H,1,5-8H2,2-3H3. The second kappa shape index (κ2) is 6.03. The fraction of sp³-hybridized carbons (Fsp3) is 0.700. The molecule has 0 spiro atoms. The summed E-state index contributed by atoms with van der Waals surface area (Å²) in [5, 5.41) is 0. The lowest BCUT2D eigenvalue weighted by molar-refractivity contribution is -0.151. The largest absolute Gasteiger partial charge is 0.465 e. The van der Waals surface area contributed by atoms with E-state index in [0.717, 1.165) is 6.42 Å². The lowest BCUT2D eigenvalue weighted by Crippen LogP contribution is -2.27. The van der Waals surface area contributed by atoms with E-state index in [0.29, 0.717) is 18.9 Å². The molecule has 0 N–H and O–H groups in total. The number of hydrogen-bond donors (Lipinski definition) is 0. The molecule has 0 saturated carbocycles. The van der Waals surface area contributed by atoms with Crippen molar-refractivity contribution >= 4 is 17.6 Å². The highest BCUT2D eigenvalue weighted by molar-refractivity contribution is 6.17. The first kappa shape index (κ1) is 12.5. The molecule has 0 aliphatic carbocycles. The zero-order chi connectivity index (χ0) is 10.3. The number of esters is 1. The van der Waals surface area contributed by atoms with Crippen molar-refractivity contribution in [2.24, 2.45) is 5.41 Å². The maximum absolute atomic E-state index is 11.5. The normalized spacial score (nSPS) is 14.7. The van der Waals surface area contributed by atoms with E-state index in [4.69, 9.17) is 16.3 Å². The van der Waals surface area contributed by atoms with E-state index < -0.39 is 5.41 Å². The Morgan fingerprint density at radius 2 is 2.31 bits per heavy atom. The molecule has 1 unspecified atom stereocenters. The first-order valence-corrected chi connectivity index (χ1v) is 5.01. The first-order valence-electron chi connectivity index (χ1n) is 4.47. The van der Waals surface area contributed by atoms with Crippen LogP contribution in [0.1, 0.15) is 26.7 Å². The fourth-order valence-electron chi connectivity index (χ4n) is 1.02. The minimum absolute atomic E-state index is 0.213. The van der Waals surface area contributed by atoms with Crippen molar-refractivity contribution < 1.29 is 9.53 Å². The van der Waals surface area contributed by atoms with Crippen LogP contribution in [0.4, 0.5) is 0 Å². The summed E-state index contributed by atoms with van der Waals surface area (Å²) in [7, 11) is 0. The van der Waals surface area contributed by atoms with Crippen LogP contribution < -0.4 is 0 Å². The Kier molecular flexibility index (Phi) is 5.80. The lowest BCUT2D eigenvalue weighted by Gasteiger charge is -2.22. The van der Waals surface area contributed by atoms with Gasteiger partial charge in [0.2, 0.25) is 0 Å². The van der Waals surface area contributed by atoms with Crippen LogP contribution in [0.5, 0.6) is 0 Å². The Bertz CT molecular complexity index is 180. The smallest absolute Gasteiger partial charge is 0.315 e. The Labute approximate surface area is 84.9 Å². The Morgan fingerprint density at radius 3 is 2.69 bits per heavy atom. The zero-order valence-corrected chi connectivity index (χ0v) is 9.06. The van der Waals surface area contributed by atoms with Crippen molar-refractivity contribution in [3.05, 3.63) is 12.7 Å². The van der Waals surface area contributed by atoms with Gasteiger partial charge in [0.25, 0.3) is 0 Å². The number of carbonyl (C=O) groups is 1. The van der Waals surface area contributed by atoms with Crippen molar-refractivity contribution in [3.63, 3.8) is 0 Å². The minimum atomic E-state index is -0.578. The van der Waals surface area contributed by atoms with Crippen LogP contribution >= 0.6 is 11.6 Å². The zero-order valence-electron chi connectivity index (χ0n) is 8.31. The van der Waals surface area contributed by atoms with Crippen LogP contribution in [0.25, 0.3) is 0 Å². The molecule has 0 heterocycles. The summed E-state index contributed by atoms with van der Waals surface area (Å²) in [5.41, 5.74) is -0.578. The van der Waals surface area contributed by atoms with Gasteiger partial charge in [0, 0.05) is 5.88 Å². The maximum atomic E-state index is 11.5. The predicted octanol–water partition coefficient (Wildman–Crippen LogP) is 2.76. The summed E-state index contributed by atoms with van der Waals surface area (Å²) < 4.78 is 4.94. The molecule has 0 aliphatic rings. The SMILES string of the molecule is C=CC(C)(CCCCl)C(=O)OCC. The Morgan fingerprint density at radius 1 is 1.69 bits per heavy atom. The van der Waals surface area contributed by atoms with Crippen LogP contribution in [0, 0.1) is 5.41 Å². The number of hydrogen-bond acceptors (Lipinski definition) is 2. The molecular formula is C10H17ClO2. The summed E-state index contributed by atoms with van der Waals surface area (Å²) in [5.74, 6) is 0.346. The third kappa shape index (κ3) is 3.81. The highest BCUT2D eigenvalue weighted by Gasteiger charge is 2.30. The predicted molar refractivity (Wildman–Crippen MR) is 54.9 cm³/mol. The Balaban J connectivity index is 4.24. The molecule has 0 amide bonds. The quantitative estimate of drug-likeness (QED) is 0.378. The third-order valence-corrected chi connectivity index (χ3v) is 2.29. The van der Waals surface area contributed by atoms with Gasteiger partial charge in [0.1, 0.15) is 0 Å². The molecule has 0 radical (unpaired) electrons. The molecule has 3 heteroatoms. The number of ether oxygens (including phenoxy) is 1. The highest BCUT2D eigenvalue weighted by Crippen LogP contribution is 2.26. The van der Waals surface area contributed by atoms with Crippen LogP contribution in [0.2, 0.25) is 0 Å². The molecule has 0 aromatic carbocycles. The highest BCUT2D eigenvalue weighted by atomic mass is 35.5. The average molecular weight is 205 g/mol.